The minimum atomic E-state index is -0.307. The van der Waals surface area contributed by atoms with Crippen molar-refractivity contribution in [2.45, 2.75) is 17.7 Å². The SMILES string of the molecule is CCCSc1nnc(NC(=O)c2cccc(OC)c2OC)s1. The first kappa shape index (κ1) is 16.6. The number of hydrogen-bond acceptors (Lipinski definition) is 7. The number of para-hydroxylation sites is 1. The lowest BCUT2D eigenvalue weighted by atomic mass is 10.1. The van der Waals surface area contributed by atoms with E-state index in [9.17, 15) is 4.79 Å². The largest absolute Gasteiger partial charge is 0.493 e. The van der Waals surface area contributed by atoms with Gasteiger partial charge in [-0.25, -0.2) is 0 Å². The summed E-state index contributed by atoms with van der Waals surface area (Å²) < 4.78 is 11.3. The third-order valence-corrected chi connectivity index (χ3v) is 4.88. The molecule has 0 saturated carbocycles. The van der Waals surface area contributed by atoms with E-state index >= 15 is 0 Å². The van der Waals surface area contributed by atoms with E-state index in [4.69, 9.17) is 9.47 Å². The van der Waals surface area contributed by atoms with Crippen LogP contribution in [0.2, 0.25) is 0 Å². The second-order valence-corrected chi connectivity index (χ2v) is 6.54. The molecule has 8 heteroatoms. The Morgan fingerprint density at radius 1 is 1.32 bits per heavy atom. The predicted molar refractivity (Wildman–Crippen MR) is 88.4 cm³/mol. The number of aromatic nitrogens is 2. The summed E-state index contributed by atoms with van der Waals surface area (Å²) in [5.74, 6) is 1.57. The fourth-order valence-corrected chi connectivity index (χ4v) is 3.41. The molecule has 0 radical (unpaired) electrons. The van der Waals surface area contributed by atoms with Gasteiger partial charge >= 0.3 is 0 Å². The van der Waals surface area contributed by atoms with Crippen LogP contribution in [0.25, 0.3) is 0 Å². The maximum absolute atomic E-state index is 12.4. The molecule has 1 aromatic heterocycles. The summed E-state index contributed by atoms with van der Waals surface area (Å²) in [4.78, 5) is 12.4. The van der Waals surface area contributed by atoms with Crippen LogP contribution < -0.4 is 14.8 Å². The van der Waals surface area contributed by atoms with E-state index in [1.54, 1.807) is 30.0 Å². The number of thioether (sulfide) groups is 1. The van der Waals surface area contributed by atoms with Crippen LogP contribution in [0.1, 0.15) is 23.7 Å². The van der Waals surface area contributed by atoms with Crippen LogP contribution in [0.5, 0.6) is 11.5 Å². The highest BCUT2D eigenvalue weighted by Gasteiger charge is 2.18. The van der Waals surface area contributed by atoms with Gasteiger partial charge in [0.05, 0.1) is 19.8 Å². The second kappa shape index (κ2) is 8.00. The van der Waals surface area contributed by atoms with Gasteiger partial charge in [-0.05, 0) is 18.6 Å². The zero-order chi connectivity index (χ0) is 15.9. The first-order valence-corrected chi connectivity index (χ1v) is 8.48. The molecule has 0 unspecified atom stereocenters. The van der Waals surface area contributed by atoms with Gasteiger partial charge in [0.25, 0.3) is 5.91 Å². The number of hydrogen-bond donors (Lipinski definition) is 1. The van der Waals surface area contributed by atoms with Gasteiger partial charge in [0.15, 0.2) is 15.8 Å². The predicted octanol–water partition coefficient (Wildman–Crippen LogP) is 3.31. The number of methoxy groups -OCH3 is 2. The summed E-state index contributed by atoms with van der Waals surface area (Å²) in [6.45, 7) is 2.10. The lowest BCUT2D eigenvalue weighted by molar-refractivity contribution is 0.102. The Labute approximate surface area is 137 Å². The third kappa shape index (κ3) is 3.89. The Balaban J connectivity index is 2.14. The minimum Gasteiger partial charge on any atom is -0.493 e. The van der Waals surface area contributed by atoms with Gasteiger partial charge in [0, 0.05) is 5.75 Å². The molecular formula is C14H17N3O3S2. The molecule has 0 spiro atoms. The van der Waals surface area contributed by atoms with E-state index in [0.717, 1.165) is 16.5 Å². The number of benzene rings is 1. The van der Waals surface area contributed by atoms with Crippen molar-refractivity contribution in [3.63, 3.8) is 0 Å². The van der Waals surface area contributed by atoms with Crippen molar-refractivity contribution in [2.75, 3.05) is 25.3 Å². The van der Waals surface area contributed by atoms with Gasteiger partial charge < -0.3 is 9.47 Å². The van der Waals surface area contributed by atoms with Crippen molar-refractivity contribution >= 4 is 34.1 Å². The van der Waals surface area contributed by atoms with Crippen LogP contribution in [0.15, 0.2) is 22.5 Å². The van der Waals surface area contributed by atoms with E-state index in [1.807, 2.05) is 0 Å². The summed E-state index contributed by atoms with van der Waals surface area (Å²) in [6.07, 6.45) is 1.06. The lowest BCUT2D eigenvalue weighted by Crippen LogP contribution is -2.13. The van der Waals surface area contributed by atoms with Crippen molar-refractivity contribution in [1.82, 2.24) is 10.2 Å². The van der Waals surface area contributed by atoms with Crippen LogP contribution in [-0.2, 0) is 0 Å². The van der Waals surface area contributed by atoms with Crippen molar-refractivity contribution < 1.29 is 14.3 Å². The van der Waals surface area contributed by atoms with Gasteiger partial charge in [-0.3, -0.25) is 10.1 Å². The molecule has 0 atom stereocenters. The lowest BCUT2D eigenvalue weighted by Gasteiger charge is -2.11. The van der Waals surface area contributed by atoms with Gasteiger partial charge in [0.1, 0.15) is 0 Å². The number of ether oxygens (including phenoxy) is 2. The molecule has 0 saturated heterocycles. The standard InChI is InChI=1S/C14H17N3O3S2/c1-4-8-21-14-17-16-13(22-14)15-12(18)9-6-5-7-10(19-2)11(9)20-3/h5-7H,4,8H2,1-3H3,(H,15,16,18). The average molecular weight is 339 g/mol. The molecule has 0 aliphatic rings. The normalized spacial score (nSPS) is 10.3. The molecule has 2 rings (SSSR count). The third-order valence-electron chi connectivity index (χ3n) is 2.70. The van der Waals surface area contributed by atoms with Crippen LogP contribution in [0.4, 0.5) is 5.13 Å². The Morgan fingerprint density at radius 3 is 2.82 bits per heavy atom. The Bertz CT molecular complexity index is 646. The zero-order valence-corrected chi connectivity index (χ0v) is 14.2. The van der Waals surface area contributed by atoms with Crippen molar-refractivity contribution in [3.05, 3.63) is 23.8 Å². The van der Waals surface area contributed by atoms with Crippen LogP contribution in [-0.4, -0.2) is 36.1 Å². The molecule has 0 aliphatic heterocycles. The monoisotopic (exact) mass is 339 g/mol. The Hall–Kier alpha value is -1.80. The summed E-state index contributed by atoms with van der Waals surface area (Å²) in [7, 11) is 3.03. The first-order valence-electron chi connectivity index (χ1n) is 6.68. The maximum atomic E-state index is 12.4. The van der Waals surface area contributed by atoms with Crippen molar-refractivity contribution in [3.8, 4) is 11.5 Å². The van der Waals surface area contributed by atoms with Crippen LogP contribution >= 0.6 is 23.1 Å². The quantitative estimate of drug-likeness (QED) is 0.616. The highest BCUT2D eigenvalue weighted by atomic mass is 32.2. The van der Waals surface area contributed by atoms with Crippen LogP contribution in [0.3, 0.4) is 0 Å². The molecule has 6 nitrogen and oxygen atoms in total. The number of anilines is 1. The van der Waals surface area contributed by atoms with Crippen LogP contribution in [0, 0.1) is 0 Å². The molecule has 0 fully saturated rings. The van der Waals surface area contributed by atoms with E-state index < -0.39 is 0 Å². The summed E-state index contributed by atoms with van der Waals surface area (Å²) in [5, 5.41) is 11.2. The summed E-state index contributed by atoms with van der Waals surface area (Å²) >= 11 is 2.98. The molecule has 2 aromatic rings. The molecule has 1 aromatic carbocycles. The number of nitrogens with one attached hydrogen (secondary N) is 1. The molecule has 1 amide bonds. The van der Waals surface area contributed by atoms with Gasteiger partial charge in [-0.15, -0.1) is 10.2 Å². The number of nitrogens with zero attached hydrogens (tertiary/aromatic N) is 2. The molecule has 1 heterocycles. The zero-order valence-electron chi connectivity index (χ0n) is 12.6. The fourth-order valence-electron chi connectivity index (χ4n) is 1.74. The van der Waals surface area contributed by atoms with Gasteiger partial charge in [-0.1, -0.05) is 36.1 Å². The number of rotatable bonds is 7. The van der Waals surface area contributed by atoms with Gasteiger partial charge in [0.2, 0.25) is 5.13 Å². The number of carbonyl (C=O) groups is 1. The molecule has 1 N–H and O–H groups in total. The molecular weight excluding hydrogens is 322 g/mol. The van der Waals surface area contributed by atoms with E-state index in [2.05, 4.69) is 22.4 Å². The number of amides is 1. The first-order chi connectivity index (χ1) is 10.7. The molecule has 0 bridgehead atoms. The second-order valence-electron chi connectivity index (χ2n) is 4.22. The summed E-state index contributed by atoms with van der Waals surface area (Å²) in [6, 6.07) is 5.14. The van der Waals surface area contributed by atoms with E-state index in [-0.39, 0.29) is 5.91 Å². The van der Waals surface area contributed by atoms with E-state index in [1.165, 1.54) is 25.6 Å². The Kier molecular flexibility index (Phi) is 6.02. The highest BCUT2D eigenvalue weighted by molar-refractivity contribution is 8.01. The molecule has 0 aliphatic carbocycles. The Morgan fingerprint density at radius 2 is 2.14 bits per heavy atom. The fraction of sp³-hybridized carbons (Fsp3) is 0.357. The van der Waals surface area contributed by atoms with Crippen molar-refractivity contribution in [1.29, 1.82) is 0 Å². The number of carbonyl (C=O) groups excluding carboxylic acids is 1. The molecule has 118 valence electrons. The topological polar surface area (TPSA) is 73.3 Å². The maximum Gasteiger partial charge on any atom is 0.261 e. The smallest absolute Gasteiger partial charge is 0.261 e. The van der Waals surface area contributed by atoms with Gasteiger partial charge in [-0.2, -0.15) is 0 Å². The minimum absolute atomic E-state index is 0.307. The molecule has 22 heavy (non-hydrogen) atoms. The van der Waals surface area contributed by atoms with Crippen molar-refractivity contribution in [2.24, 2.45) is 0 Å². The average Bonchev–Trinajstić information content (AvgIpc) is 2.99. The van der Waals surface area contributed by atoms with E-state index in [0.29, 0.717) is 22.2 Å². The summed E-state index contributed by atoms with van der Waals surface area (Å²) in [5.41, 5.74) is 0.389. The highest BCUT2D eigenvalue weighted by Crippen LogP contribution is 2.32.